The van der Waals surface area contributed by atoms with Gasteiger partial charge in [-0.25, -0.2) is 4.39 Å². The Morgan fingerprint density at radius 2 is 1.70 bits per heavy atom. The molecule has 0 aliphatic rings. The molecule has 6 nitrogen and oxygen atoms in total. The average Bonchev–Trinajstić information content (AvgIpc) is 2.74. The maximum absolute atomic E-state index is 13.6. The van der Waals surface area contributed by atoms with E-state index in [9.17, 15) is 18.8 Å². The molecule has 2 aromatic rings. The molecule has 0 saturated heterocycles. The molecule has 2 N–H and O–H groups in total. The first-order chi connectivity index (χ1) is 14.3. The lowest BCUT2D eigenvalue weighted by molar-refractivity contribution is -0.147. The van der Waals surface area contributed by atoms with Crippen molar-refractivity contribution in [2.45, 2.75) is 33.2 Å². The molecular formula is C23H27FN2O4. The third-order valence-corrected chi connectivity index (χ3v) is 4.61. The summed E-state index contributed by atoms with van der Waals surface area (Å²) in [5.41, 5.74) is 2.01. The molecule has 0 bridgehead atoms. The lowest BCUT2D eigenvalue weighted by Gasteiger charge is -2.23. The van der Waals surface area contributed by atoms with Crippen LogP contribution in [0.5, 0.6) is 0 Å². The fraction of sp³-hybridized carbons (Fsp3) is 0.348. The maximum Gasteiger partial charge on any atom is 0.325 e. The molecule has 0 aliphatic heterocycles. The van der Waals surface area contributed by atoms with Crippen LogP contribution in [-0.4, -0.2) is 30.9 Å². The summed E-state index contributed by atoms with van der Waals surface area (Å²) in [6.45, 7) is 5.12. The third-order valence-electron chi connectivity index (χ3n) is 4.61. The average molecular weight is 414 g/mol. The van der Waals surface area contributed by atoms with Gasteiger partial charge in [0.25, 0.3) is 11.8 Å². The van der Waals surface area contributed by atoms with Crippen molar-refractivity contribution in [1.29, 1.82) is 0 Å². The number of nitrogens with one attached hydrogen (secondary N) is 2. The van der Waals surface area contributed by atoms with Crippen molar-refractivity contribution < 1.29 is 23.5 Å². The minimum Gasteiger partial charge on any atom is -0.454 e. The predicted octanol–water partition coefficient (Wildman–Crippen LogP) is 3.17. The van der Waals surface area contributed by atoms with Gasteiger partial charge in [0, 0.05) is 0 Å². The van der Waals surface area contributed by atoms with Crippen molar-refractivity contribution in [3.05, 3.63) is 71.0 Å². The summed E-state index contributed by atoms with van der Waals surface area (Å²) in [6.07, 6.45) is 0.933. The van der Waals surface area contributed by atoms with Gasteiger partial charge in [-0.3, -0.25) is 14.4 Å². The Labute approximate surface area is 175 Å². The molecule has 0 aromatic heterocycles. The van der Waals surface area contributed by atoms with Crippen molar-refractivity contribution in [2.75, 3.05) is 13.2 Å². The predicted molar refractivity (Wildman–Crippen MR) is 111 cm³/mol. The number of hydrogen-bond acceptors (Lipinski definition) is 4. The fourth-order valence-corrected chi connectivity index (χ4v) is 2.90. The smallest absolute Gasteiger partial charge is 0.325 e. The molecule has 2 aromatic carbocycles. The van der Waals surface area contributed by atoms with Crippen LogP contribution < -0.4 is 10.6 Å². The lowest BCUT2D eigenvalue weighted by atomic mass is 9.95. The van der Waals surface area contributed by atoms with E-state index in [4.69, 9.17) is 4.74 Å². The second-order valence-electron chi connectivity index (χ2n) is 7.21. The van der Waals surface area contributed by atoms with Gasteiger partial charge in [0.15, 0.2) is 6.61 Å². The van der Waals surface area contributed by atoms with Crippen LogP contribution in [0.1, 0.15) is 48.3 Å². The molecule has 0 heterocycles. The first kappa shape index (κ1) is 23.1. The van der Waals surface area contributed by atoms with Gasteiger partial charge >= 0.3 is 5.97 Å². The zero-order valence-electron chi connectivity index (χ0n) is 17.4. The summed E-state index contributed by atoms with van der Waals surface area (Å²) in [7, 11) is 0. The molecule has 0 aliphatic carbocycles. The Hall–Kier alpha value is -3.22. The number of carbonyl (C=O) groups excluding carboxylic acids is 3. The molecule has 2 rings (SSSR count). The minimum atomic E-state index is -0.789. The van der Waals surface area contributed by atoms with Crippen molar-refractivity contribution in [2.24, 2.45) is 5.92 Å². The number of aryl methyl sites for hydroxylation is 1. The number of benzene rings is 2. The van der Waals surface area contributed by atoms with E-state index in [0.717, 1.165) is 18.1 Å². The highest BCUT2D eigenvalue weighted by Crippen LogP contribution is 2.22. The normalized spacial score (nSPS) is 11.6. The van der Waals surface area contributed by atoms with E-state index < -0.39 is 36.8 Å². The van der Waals surface area contributed by atoms with Gasteiger partial charge < -0.3 is 15.4 Å². The van der Waals surface area contributed by atoms with Crippen LogP contribution >= 0.6 is 0 Å². The quantitative estimate of drug-likeness (QED) is 0.618. The molecule has 2 amide bonds. The highest BCUT2D eigenvalue weighted by molar-refractivity contribution is 5.96. The van der Waals surface area contributed by atoms with E-state index in [-0.39, 0.29) is 17.5 Å². The van der Waals surface area contributed by atoms with Crippen molar-refractivity contribution in [3.8, 4) is 0 Å². The van der Waals surface area contributed by atoms with Crippen LogP contribution in [0, 0.1) is 11.7 Å². The molecule has 0 fully saturated rings. The Kier molecular flexibility index (Phi) is 8.53. The van der Waals surface area contributed by atoms with Crippen molar-refractivity contribution in [1.82, 2.24) is 10.6 Å². The number of halogens is 1. The largest absolute Gasteiger partial charge is 0.454 e. The van der Waals surface area contributed by atoms with E-state index in [0.29, 0.717) is 0 Å². The molecule has 0 unspecified atom stereocenters. The zero-order chi connectivity index (χ0) is 22.1. The Morgan fingerprint density at radius 1 is 1.03 bits per heavy atom. The highest BCUT2D eigenvalue weighted by atomic mass is 19.1. The van der Waals surface area contributed by atoms with E-state index >= 15 is 0 Å². The Balaban J connectivity index is 1.82. The minimum absolute atomic E-state index is 0.136. The zero-order valence-corrected chi connectivity index (χ0v) is 17.4. The Morgan fingerprint density at radius 3 is 2.30 bits per heavy atom. The number of hydrogen-bond donors (Lipinski definition) is 2. The van der Waals surface area contributed by atoms with Crippen molar-refractivity contribution >= 4 is 17.8 Å². The number of ether oxygens (including phenoxy) is 1. The molecule has 30 heavy (non-hydrogen) atoms. The number of rotatable bonds is 9. The topological polar surface area (TPSA) is 84.5 Å². The summed E-state index contributed by atoms with van der Waals surface area (Å²) in [5, 5.41) is 5.14. The maximum atomic E-state index is 13.6. The summed E-state index contributed by atoms with van der Waals surface area (Å²) < 4.78 is 18.5. The van der Waals surface area contributed by atoms with Gasteiger partial charge in [-0.1, -0.05) is 57.2 Å². The van der Waals surface area contributed by atoms with Gasteiger partial charge in [-0.15, -0.1) is 0 Å². The number of carbonyl (C=O) groups is 3. The van der Waals surface area contributed by atoms with Gasteiger partial charge in [-0.05, 0) is 35.6 Å². The van der Waals surface area contributed by atoms with Crippen molar-refractivity contribution in [3.63, 3.8) is 0 Å². The molecule has 1 atom stereocenters. The van der Waals surface area contributed by atoms with Crippen LogP contribution in [0.15, 0.2) is 48.5 Å². The van der Waals surface area contributed by atoms with Crippen LogP contribution in [0.2, 0.25) is 0 Å². The van der Waals surface area contributed by atoms with Crippen LogP contribution in [0.25, 0.3) is 0 Å². The summed E-state index contributed by atoms with van der Waals surface area (Å²) >= 11 is 0. The Bertz CT molecular complexity index is 881. The van der Waals surface area contributed by atoms with E-state index in [1.165, 1.54) is 23.8 Å². The monoisotopic (exact) mass is 414 g/mol. The van der Waals surface area contributed by atoms with Crippen LogP contribution in [0.4, 0.5) is 4.39 Å². The van der Waals surface area contributed by atoms with Gasteiger partial charge in [0.05, 0.1) is 11.6 Å². The van der Waals surface area contributed by atoms with Crippen LogP contribution in [0.3, 0.4) is 0 Å². The van der Waals surface area contributed by atoms with Gasteiger partial charge in [-0.2, -0.15) is 0 Å². The number of esters is 1. The number of amides is 2. The fourth-order valence-electron chi connectivity index (χ4n) is 2.90. The second kappa shape index (κ2) is 11.1. The first-order valence-electron chi connectivity index (χ1n) is 9.88. The molecular weight excluding hydrogens is 387 g/mol. The van der Waals surface area contributed by atoms with Gasteiger partial charge in [0.1, 0.15) is 12.4 Å². The van der Waals surface area contributed by atoms with E-state index in [1.54, 1.807) is 0 Å². The SMILES string of the molecule is CCc1ccc([C@H](NC(=O)COC(=O)CNC(=O)c2ccccc2F)C(C)C)cc1. The van der Waals surface area contributed by atoms with Crippen LogP contribution in [-0.2, 0) is 20.7 Å². The molecule has 0 radical (unpaired) electrons. The lowest BCUT2D eigenvalue weighted by Crippen LogP contribution is -2.37. The summed E-state index contributed by atoms with van der Waals surface area (Å²) in [6, 6.07) is 13.2. The molecule has 160 valence electrons. The summed E-state index contributed by atoms with van der Waals surface area (Å²) in [5.74, 6) is -2.51. The second-order valence-corrected chi connectivity index (χ2v) is 7.21. The van der Waals surface area contributed by atoms with E-state index in [2.05, 4.69) is 17.6 Å². The molecule has 0 spiro atoms. The third kappa shape index (κ3) is 6.69. The summed E-state index contributed by atoms with van der Waals surface area (Å²) in [4.78, 5) is 35.9. The van der Waals surface area contributed by atoms with Gasteiger partial charge in [0.2, 0.25) is 0 Å². The highest BCUT2D eigenvalue weighted by Gasteiger charge is 2.19. The molecule has 0 saturated carbocycles. The van der Waals surface area contributed by atoms with E-state index in [1.807, 2.05) is 38.1 Å². The first-order valence-corrected chi connectivity index (χ1v) is 9.88. The molecule has 7 heteroatoms. The standard InChI is InChI=1S/C23H27FN2O4/c1-4-16-9-11-17(12-10-16)22(15(2)3)26-20(27)14-30-21(28)13-25-23(29)18-7-5-6-8-19(18)24/h5-12,15,22H,4,13-14H2,1-3H3,(H,25,29)(H,26,27)/t22-/m1/s1.